The first kappa shape index (κ1) is 13.5. The number of halogens is 2. The molecule has 18 heavy (non-hydrogen) atoms. The average molecular weight is 346 g/mol. The Bertz CT molecular complexity index is 585. The molecule has 0 amide bonds. The molecule has 0 radical (unpaired) electrons. The van der Waals surface area contributed by atoms with Crippen LogP contribution in [0.2, 0.25) is 0 Å². The SMILES string of the molecule is NC(=S)c1ccc(OCc2ccc(Br)s2)cc1F. The van der Waals surface area contributed by atoms with Gasteiger partial charge in [0.05, 0.1) is 3.79 Å². The fourth-order valence-electron chi connectivity index (χ4n) is 1.37. The van der Waals surface area contributed by atoms with Crippen LogP contribution in [0.5, 0.6) is 5.75 Å². The number of rotatable bonds is 4. The van der Waals surface area contributed by atoms with Crippen molar-refractivity contribution in [2.24, 2.45) is 5.73 Å². The number of ether oxygens (including phenoxy) is 1. The molecule has 0 aliphatic heterocycles. The van der Waals surface area contributed by atoms with Crippen LogP contribution in [-0.4, -0.2) is 4.99 Å². The largest absolute Gasteiger partial charge is 0.488 e. The van der Waals surface area contributed by atoms with E-state index in [1.165, 1.54) is 12.1 Å². The van der Waals surface area contributed by atoms with Gasteiger partial charge in [-0.15, -0.1) is 11.3 Å². The molecule has 0 saturated carbocycles. The second-order valence-electron chi connectivity index (χ2n) is 3.50. The van der Waals surface area contributed by atoms with Gasteiger partial charge in [0, 0.05) is 16.5 Å². The minimum absolute atomic E-state index is 0.0428. The van der Waals surface area contributed by atoms with Gasteiger partial charge in [-0.1, -0.05) is 12.2 Å². The number of thiocarbonyl (C=S) groups is 1. The summed E-state index contributed by atoms with van der Waals surface area (Å²) in [5.41, 5.74) is 5.61. The Kier molecular flexibility index (Phi) is 4.31. The highest BCUT2D eigenvalue weighted by atomic mass is 79.9. The minimum atomic E-state index is -0.465. The van der Waals surface area contributed by atoms with Crippen LogP contribution in [-0.2, 0) is 6.61 Å². The lowest BCUT2D eigenvalue weighted by Crippen LogP contribution is -2.11. The molecule has 2 aromatic rings. The molecule has 0 aliphatic rings. The highest BCUT2D eigenvalue weighted by molar-refractivity contribution is 9.11. The lowest BCUT2D eigenvalue weighted by atomic mass is 10.2. The van der Waals surface area contributed by atoms with Crippen molar-refractivity contribution < 1.29 is 9.13 Å². The molecule has 0 atom stereocenters. The molecular weight excluding hydrogens is 337 g/mol. The maximum Gasteiger partial charge on any atom is 0.137 e. The molecule has 2 rings (SSSR count). The van der Waals surface area contributed by atoms with Gasteiger partial charge in [-0.3, -0.25) is 0 Å². The summed E-state index contributed by atoms with van der Waals surface area (Å²) >= 11 is 9.68. The number of benzene rings is 1. The van der Waals surface area contributed by atoms with Gasteiger partial charge in [0.2, 0.25) is 0 Å². The summed E-state index contributed by atoms with van der Waals surface area (Å²) in [5, 5.41) is 0. The predicted molar refractivity (Wildman–Crippen MR) is 78.6 cm³/mol. The molecule has 0 fully saturated rings. The minimum Gasteiger partial charge on any atom is -0.488 e. The van der Waals surface area contributed by atoms with Crippen LogP contribution in [0.15, 0.2) is 34.1 Å². The number of hydrogen-bond donors (Lipinski definition) is 1. The van der Waals surface area contributed by atoms with Gasteiger partial charge >= 0.3 is 0 Å². The highest BCUT2D eigenvalue weighted by Crippen LogP contribution is 2.24. The first-order valence-electron chi connectivity index (χ1n) is 5.02. The van der Waals surface area contributed by atoms with E-state index >= 15 is 0 Å². The first-order chi connectivity index (χ1) is 8.56. The summed E-state index contributed by atoms with van der Waals surface area (Å²) in [6, 6.07) is 8.36. The molecule has 1 aromatic heterocycles. The second kappa shape index (κ2) is 5.77. The molecule has 0 saturated heterocycles. The molecule has 0 aliphatic carbocycles. The van der Waals surface area contributed by atoms with E-state index in [0.717, 1.165) is 8.66 Å². The van der Waals surface area contributed by atoms with Crippen molar-refractivity contribution in [3.8, 4) is 5.75 Å². The Morgan fingerprint density at radius 1 is 1.39 bits per heavy atom. The molecule has 1 aromatic carbocycles. The van der Waals surface area contributed by atoms with Gasteiger partial charge in [-0.2, -0.15) is 0 Å². The van der Waals surface area contributed by atoms with Gasteiger partial charge in [-0.05, 0) is 40.2 Å². The van der Waals surface area contributed by atoms with Crippen molar-refractivity contribution in [1.82, 2.24) is 0 Å². The van der Waals surface area contributed by atoms with Crippen molar-refractivity contribution in [3.05, 3.63) is 50.4 Å². The average Bonchev–Trinajstić information content (AvgIpc) is 2.72. The predicted octanol–water partition coefficient (Wildman–Crippen LogP) is 3.86. The van der Waals surface area contributed by atoms with Crippen LogP contribution >= 0.6 is 39.5 Å². The van der Waals surface area contributed by atoms with E-state index in [-0.39, 0.29) is 10.6 Å². The van der Waals surface area contributed by atoms with Crippen molar-refractivity contribution in [2.75, 3.05) is 0 Å². The molecule has 6 heteroatoms. The van der Waals surface area contributed by atoms with Crippen LogP contribution in [0.4, 0.5) is 4.39 Å². The van der Waals surface area contributed by atoms with E-state index in [4.69, 9.17) is 22.7 Å². The smallest absolute Gasteiger partial charge is 0.137 e. The van der Waals surface area contributed by atoms with E-state index in [9.17, 15) is 4.39 Å². The van der Waals surface area contributed by atoms with E-state index in [2.05, 4.69) is 15.9 Å². The summed E-state index contributed by atoms with van der Waals surface area (Å²) in [6.45, 7) is 0.405. The van der Waals surface area contributed by atoms with Crippen LogP contribution in [0, 0.1) is 5.82 Å². The van der Waals surface area contributed by atoms with Gasteiger partial charge in [0.25, 0.3) is 0 Å². The number of thiophene rings is 1. The van der Waals surface area contributed by atoms with Crippen molar-refractivity contribution in [1.29, 1.82) is 0 Å². The van der Waals surface area contributed by atoms with Gasteiger partial charge in [-0.25, -0.2) is 4.39 Å². The highest BCUT2D eigenvalue weighted by Gasteiger charge is 2.07. The third-order valence-electron chi connectivity index (χ3n) is 2.22. The first-order valence-corrected chi connectivity index (χ1v) is 7.04. The Labute approximate surface area is 122 Å². The lowest BCUT2D eigenvalue weighted by molar-refractivity contribution is 0.308. The van der Waals surface area contributed by atoms with Gasteiger partial charge < -0.3 is 10.5 Å². The summed E-state index contributed by atoms with van der Waals surface area (Å²) in [5.74, 6) is -0.00983. The Hall–Kier alpha value is -0.980. The summed E-state index contributed by atoms with van der Waals surface area (Å²) in [6.07, 6.45) is 0. The van der Waals surface area contributed by atoms with E-state index in [1.807, 2.05) is 12.1 Å². The third-order valence-corrected chi connectivity index (χ3v) is 4.03. The Morgan fingerprint density at radius 2 is 2.17 bits per heavy atom. The zero-order valence-corrected chi connectivity index (χ0v) is 12.4. The number of nitrogens with two attached hydrogens (primary N) is 1. The van der Waals surface area contributed by atoms with Crippen LogP contribution < -0.4 is 10.5 Å². The van der Waals surface area contributed by atoms with Crippen molar-refractivity contribution in [2.45, 2.75) is 6.61 Å². The molecular formula is C12H9BrFNOS2. The number of hydrogen-bond acceptors (Lipinski definition) is 3. The molecule has 0 unspecified atom stereocenters. The molecule has 0 bridgehead atoms. The van der Waals surface area contributed by atoms with Crippen LogP contribution in [0.25, 0.3) is 0 Å². The standard InChI is InChI=1S/C12H9BrFNOS2/c13-11-4-2-8(18-11)6-16-7-1-3-9(12(15)17)10(14)5-7/h1-5H,6H2,(H2,15,17). The molecule has 1 heterocycles. The van der Waals surface area contributed by atoms with Gasteiger partial charge in [0.1, 0.15) is 23.2 Å². The summed E-state index contributed by atoms with van der Waals surface area (Å²) < 4.78 is 20.1. The van der Waals surface area contributed by atoms with Gasteiger partial charge in [0.15, 0.2) is 0 Å². The fourth-order valence-corrected chi connectivity index (χ4v) is 2.93. The maximum absolute atomic E-state index is 13.6. The van der Waals surface area contributed by atoms with Crippen molar-refractivity contribution >= 4 is 44.5 Å². The maximum atomic E-state index is 13.6. The lowest BCUT2D eigenvalue weighted by Gasteiger charge is -2.06. The fraction of sp³-hybridized carbons (Fsp3) is 0.0833. The van der Waals surface area contributed by atoms with Crippen LogP contribution in [0.3, 0.4) is 0 Å². The summed E-state index contributed by atoms with van der Waals surface area (Å²) in [7, 11) is 0. The zero-order chi connectivity index (χ0) is 13.1. The monoisotopic (exact) mass is 345 g/mol. The van der Waals surface area contributed by atoms with Crippen molar-refractivity contribution in [3.63, 3.8) is 0 Å². The van der Waals surface area contributed by atoms with E-state index in [0.29, 0.717) is 12.4 Å². The van der Waals surface area contributed by atoms with Crippen LogP contribution in [0.1, 0.15) is 10.4 Å². The quantitative estimate of drug-likeness (QED) is 0.854. The van der Waals surface area contributed by atoms with E-state index < -0.39 is 5.82 Å². The second-order valence-corrected chi connectivity index (χ2v) is 6.49. The Balaban J connectivity index is 2.06. The molecule has 94 valence electrons. The molecule has 2 nitrogen and oxygen atoms in total. The summed E-state index contributed by atoms with van der Waals surface area (Å²) in [4.78, 5) is 1.10. The normalized spacial score (nSPS) is 10.3. The topological polar surface area (TPSA) is 35.2 Å². The Morgan fingerprint density at radius 3 is 2.72 bits per heavy atom. The van der Waals surface area contributed by atoms with E-state index in [1.54, 1.807) is 17.4 Å². The molecule has 2 N–H and O–H groups in total. The zero-order valence-electron chi connectivity index (χ0n) is 9.15. The molecule has 0 spiro atoms. The third kappa shape index (κ3) is 3.28.